The Morgan fingerprint density at radius 2 is 2.20 bits per heavy atom. The first-order valence-electron chi connectivity index (χ1n) is 4.89. The van der Waals surface area contributed by atoms with Crippen LogP contribution in [0.4, 0.5) is 4.39 Å². The molecular weight excluding hydrogens is 195 g/mol. The van der Waals surface area contributed by atoms with Crippen LogP contribution in [-0.4, -0.2) is 19.0 Å². The largest absolute Gasteiger partial charge is 0.354 e. The van der Waals surface area contributed by atoms with E-state index in [4.69, 9.17) is 5.73 Å². The maximum Gasteiger partial charge on any atom is 0.227 e. The summed E-state index contributed by atoms with van der Waals surface area (Å²) in [4.78, 5) is 11.5. The molecule has 15 heavy (non-hydrogen) atoms. The molecule has 1 rings (SSSR count). The van der Waals surface area contributed by atoms with Crippen LogP contribution < -0.4 is 11.1 Å². The minimum Gasteiger partial charge on any atom is -0.354 e. The Labute approximate surface area is 88.5 Å². The molecule has 0 spiro atoms. The minimum absolute atomic E-state index is 0.203. The van der Waals surface area contributed by atoms with Crippen molar-refractivity contribution in [2.24, 2.45) is 5.73 Å². The van der Waals surface area contributed by atoms with Gasteiger partial charge in [-0.1, -0.05) is 18.2 Å². The van der Waals surface area contributed by atoms with Gasteiger partial charge in [-0.25, -0.2) is 4.39 Å². The zero-order valence-electron chi connectivity index (χ0n) is 8.66. The number of hydrogen-bond donors (Lipinski definition) is 2. The predicted molar refractivity (Wildman–Crippen MR) is 56.9 cm³/mol. The number of halogens is 1. The van der Waals surface area contributed by atoms with Crippen molar-refractivity contribution in [1.82, 2.24) is 5.32 Å². The molecule has 0 fully saturated rings. The van der Waals surface area contributed by atoms with Crippen molar-refractivity contribution >= 4 is 5.91 Å². The van der Waals surface area contributed by atoms with Crippen molar-refractivity contribution in [2.45, 2.75) is 12.8 Å². The third kappa shape index (κ3) is 3.02. The number of amides is 1. The van der Waals surface area contributed by atoms with Gasteiger partial charge in [-0.2, -0.15) is 0 Å². The second-order valence-corrected chi connectivity index (χ2v) is 3.32. The number of hydrogen-bond acceptors (Lipinski definition) is 2. The van der Waals surface area contributed by atoms with Crippen LogP contribution in [-0.2, 0) is 4.79 Å². The van der Waals surface area contributed by atoms with Crippen molar-refractivity contribution in [3.8, 4) is 0 Å². The molecule has 0 heterocycles. The lowest BCUT2D eigenvalue weighted by Crippen LogP contribution is -2.32. The molecule has 4 heteroatoms. The topological polar surface area (TPSA) is 55.1 Å². The van der Waals surface area contributed by atoms with Crippen LogP contribution in [0.5, 0.6) is 0 Å². The van der Waals surface area contributed by atoms with E-state index < -0.39 is 5.92 Å². The number of carbonyl (C=O) groups is 1. The monoisotopic (exact) mass is 210 g/mol. The van der Waals surface area contributed by atoms with Gasteiger partial charge >= 0.3 is 0 Å². The van der Waals surface area contributed by atoms with Crippen LogP contribution in [0.1, 0.15) is 18.4 Å². The number of nitrogens with one attached hydrogen (secondary N) is 1. The first kappa shape index (κ1) is 11.7. The summed E-state index contributed by atoms with van der Waals surface area (Å²) < 4.78 is 13.3. The highest BCUT2D eigenvalue weighted by Crippen LogP contribution is 2.18. The molecule has 0 aromatic heterocycles. The van der Waals surface area contributed by atoms with E-state index in [1.54, 1.807) is 25.1 Å². The van der Waals surface area contributed by atoms with E-state index in [1.807, 2.05) is 0 Å². The molecule has 1 unspecified atom stereocenters. The smallest absolute Gasteiger partial charge is 0.227 e. The maximum absolute atomic E-state index is 13.3. The lowest BCUT2D eigenvalue weighted by molar-refractivity contribution is -0.122. The van der Waals surface area contributed by atoms with Crippen LogP contribution >= 0.6 is 0 Å². The summed E-state index contributed by atoms with van der Waals surface area (Å²) in [5.74, 6) is -1.05. The molecule has 0 aliphatic heterocycles. The SMILES string of the molecule is CC(C(=O)NCCN)c1ccccc1F. The van der Waals surface area contributed by atoms with Gasteiger partial charge in [0.1, 0.15) is 5.82 Å². The van der Waals surface area contributed by atoms with Gasteiger partial charge in [-0.05, 0) is 18.6 Å². The molecule has 1 amide bonds. The molecular formula is C11H15FN2O. The summed E-state index contributed by atoms with van der Waals surface area (Å²) in [5.41, 5.74) is 5.67. The van der Waals surface area contributed by atoms with E-state index in [1.165, 1.54) is 6.07 Å². The quantitative estimate of drug-likeness (QED) is 0.779. The summed E-state index contributed by atoms with van der Waals surface area (Å²) >= 11 is 0. The fourth-order valence-corrected chi connectivity index (χ4v) is 1.32. The summed E-state index contributed by atoms with van der Waals surface area (Å²) in [6.45, 7) is 2.47. The first-order valence-corrected chi connectivity index (χ1v) is 4.89. The summed E-state index contributed by atoms with van der Waals surface area (Å²) in [5, 5.41) is 2.63. The third-order valence-corrected chi connectivity index (χ3v) is 2.21. The second-order valence-electron chi connectivity index (χ2n) is 3.32. The van der Waals surface area contributed by atoms with E-state index in [0.29, 0.717) is 18.7 Å². The van der Waals surface area contributed by atoms with Crippen molar-refractivity contribution < 1.29 is 9.18 Å². The number of rotatable bonds is 4. The normalized spacial score (nSPS) is 12.2. The lowest BCUT2D eigenvalue weighted by atomic mass is 10.00. The molecule has 0 saturated heterocycles. The Morgan fingerprint density at radius 1 is 1.53 bits per heavy atom. The predicted octanol–water partition coefficient (Wildman–Crippen LogP) is 1.00. The highest BCUT2D eigenvalue weighted by atomic mass is 19.1. The number of benzene rings is 1. The Morgan fingerprint density at radius 3 is 2.80 bits per heavy atom. The molecule has 0 radical (unpaired) electrons. The maximum atomic E-state index is 13.3. The van der Waals surface area contributed by atoms with Crippen molar-refractivity contribution in [1.29, 1.82) is 0 Å². The van der Waals surface area contributed by atoms with E-state index in [2.05, 4.69) is 5.32 Å². The molecule has 3 nitrogen and oxygen atoms in total. The highest BCUT2D eigenvalue weighted by Gasteiger charge is 2.17. The molecule has 82 valence electrons. The van der Waals surface area contributed by atoms with Crippen LogP contribution in [0.15, 0.2) is 24.3 Å². The Balaban J connectivity index is 2.72. The fraction of sp³-hybridized carbons (Fsp3) is 0.364. The van der Waals surface area contributed by atoms with E-state index in [0.717, 1.165) is 0 Å². The Kier molecular flexibility index (Phi) is 4.24. The second kappa shape index (κ2) is 5.46. The molecule has 3 N–H and O–H groups in total. The fourth-order valence-electron chi connectivity index (χ4n) is 1.32. The van der Waals surface area contributed by atoms with Crippen LogP contribution in [0.2, 0.25) is 0 Å². The summed E-state index contributed by atoms with van der Waals surface area (Å²) in [7, 11) is 0. The van der Waals surface area contributed by atoms with Gasteiger partial charge in [0, 0.05) is 13.1 Å². The van der Waals surface area contributed by atoms with E-state index in [-0.39, 0.29) is 11.7 Å². The average Bonchev–Trinajstić information content (AvgIpc) is 2.25. The average molecular weight is 210 g/mol. The number of nitrogens with two attached hydrogens (primary N) is 1. The van der Waals surface area contributed by atoms with Gasteiger partial charge in [0.2, 0.25) is 5.91 Å². The number of carbonyl (C=O) groups excluding carboxylic acids is 1. The highest BCUT2D eigenvalue weighted by molar-refractivity contribution is 5.83. The molecule has 0 aliphatic carbocycles. The Hall–Kier alpha value is -1.42. The third-order valence-electron chi connectivity index (χ3n) is 2.21. The molecule has 0 bridgehead atoms. The van der Waals surface area contributed by atoms with Crippen LogP contribution in [0.25, 0.3) is 0 Å². The van der Waals surface area contributed by atoms with E-state index >= 15 is 0 Å². The van der Waals surface area contributed by atoms with Gasteiger partial charge in [-0.15, -0.1) is 0 Å². The molecule has 0 aliphatic rings. The molecule has 1 aromatic carbocycles. The standard InChI is InChI=1S/C11H15FN2O/c1-8(11(15)14-7-6-13)9-4-2-3-5-10(9)12/h2-5,8H,6-7,13H2,1H3,(H,14,15). The van der Waals surface area contributed by atoms with Gasteiger partial charge in [0.25, 0.3) is 0 Å². The minimum atomic E-state index is -0.488. The molecule has 0 saturated carbocycles. The van der Waals surface area contributed by atoms with E-state index in [9.17, 15) is 9.18 Å². The lowest BCUT2D eigenvalue weighted by Gasteiger charge is -2.12. The molecule has 1 aromatic rings. The summed E-state index contributed by atoms with van der Waals surface area (Å²) in [6.07, 6.45) is 0. The molecule has 1 atom stereocenters. The van der Waals surface area contributed by atoms with Crippen LogP contribution in [0.3, 0.4) is 0 Å². The van der Waals surface area contributed by atoms with Gasteiger partial charge in [-0.3, -0.25) is 4.79 Å². The van der Waals surface area contributed by atoms with Gasteiger partial charge < -0.3 is 11.1 Å². The van der Waals surface area contributed by atoms with Crippen LogP contribution in [0, 0.1) is 5.82 Å². The Bertz CT molecular complexity index is 341. The van der Waals surface area contributed by atoms with Gasteiger partial charge in [0.05, 0.1) is 5.92 Å². The zero-order valence-corrected chi connectivity index (χ0v) is 8.66. The van der Waals surface area contributed by atoms with Crippen molar-refractivity contribution in [2.75, 3.05) is 13.1 Å². The zero-order chi connectivity index (χ0) is 11.3. The summed E-state index contributed by atoms with van der Waals surface area (Å²) in [6, 6.07) is 6.28. The van der Waals surface area contributed by atoms with Gasteiger partial charge in [0.15, 0.2) is 0 Å². The first-order chi connectivity index (χ1) is 7.16. The van der Waals surface area contributed by atoms with Crippen molar-refractivity contribution in [3.63, 3.8) is 0 Å². The van der Waals surface area contributed by atoms with Crippen molar-refractivity contribution in [3.05, 3.63) is 35.6 Å².